The summed E-state index contributed by atoms with van der Waals surface area (Å²) in [6.45, 7) is 6.62. The van der Waals surface area contributed by atoms with Gasteiger partial charge >= 0.3 is 5.69 Å². The number of aliphatic hydroxyl groups is 1. The van der Waals surface area contributed by atoms with Crippen molar-refractivity contribution in [3.8, 4) is 10.8 Å². The molecule has 1 aromatic carbocycles. The third-order valence-corrected chi connectivity index (χ3v) is 8.46. The zero-order chi connectivity index (χ0) is 32.0. The molecular formula is C29H37FN6O7S. The number of benzene rings is 1. The molecule has 0 radical (unpaired) electrons. The van der Waals surface area contributed by atoms with Gasteiger partial charge in [-0.2, -0.15) is 10.2 Å². The van der Waals surface area contributed by atoms with Crippen LogP contribution in [0.2, 0.25) is 0 Å². The maximum Gasteiger partial charge on any atom is 0.333 e. The maximum absolute atomic E-state index is 14.5. The number of ether oxygens (including phenoxy) is 2. The van der Waals surface area contributed by atoms with Crippen molar-refractivity contribution in [2.24, 2.45) is 0 Å². The highest BCUT2D eigenvalue weighted by Crippen LogP contribution is 2.34. The van der Waals surface area contributed by atoms with Crippen molar-refractivity contribution in [1.29, 1.82) is 0 Å². The molecule has 0 aliphatic carbocycles. The predicted octanol–water partition coefficient (Wildman–Crippen LogP) is 2.98. The molecule has 3 heterocycles. The van der Waals surface area contributed by atoms with E-state index < -0.39 is 34.6 Å². The van der Waals surface area contributed by atoms with Crippen molar-refractivity contribution in [3.63, 3.8) is 0 Å². The summed E-state index contributed by atoms with van der Waals surface area (Å²) >= 11 is 1.12. The summed E-state index contributed by atoms with van der Waals surface area (Å²) in [5, 5.41) is 18.5. The van der Waals surface area contributed by atoms with Gasteiger partial charge < -0.3 is 14.6 Å². The molecule has 0 aliphatic heterocycles. The number of hydrogen-bond acceptors (Lipinski definition) is 10. The van der Waals surface area contributed by atoms with E-state index in [1.165, 1.54) is 60.9 Å². The van der Waals surface area contributed by atoms with Crippen molar-refractivity contribution in [2.45, 2.75) is 65.1 Å². The quantitative estimate of drug-likeness (QED) is 0.149. The van der Waals surface area contributed by atoms with Gasteiger partial charge in [-0.05, 0) is 51.8 Å². The molecule has 3 aromatic heterocycles. The highest BCUT2D eigenvalue weighted by molar-refractivity contribution is 7.21. The largest absolute Gasteiger partial charge is 0.496 e. The Morgan fingerprint density at radius 3 is 2.57 bits per heavy atom. The Kier molecular flexibility index (Phi) is 10.7. The van der Waals surface area contributed by atoms with Gasteiger partial charge in [-0.3, -0.25) is 19.0 Å². The molecule has 1 amide bonds. The fraction of sp³-hybridized carbons (Fsp3) is 0.483. The summed E-state index contributed by atoms with van der Waals surface area (Å²) in [4.78, 5) is 48.7. The van der Waals surface area contributed by atoms with Crippen LogP contribution in [0.25, 0.3) is 15.2 Å². The smallest absolute Gasteiger partial charge is 0.333 e. The Morgan fingerprint density at radius 2 is 1.91 bits per heavy atom. The van der Waals surface area contributed by atoms with Crippen LogP contribution >= 0.6 is 11.3 Å². The van der Waals surface area contributed by atoms with Gasteiger partial charge in [-0.15, -0.1) is 4.80 Å². The van der Waals surface area contributed by atoms with Crippen molar-refractivity contribution in [3.05, 3.63) is 68.4 Å². The highest BCUT2D eigenvalue weighted by atomic mass is 32.1. The third-order valence-electron chi connectivity index (χ3n) is 7.18. The molecule has 238 valence electrons. The first kappa shape index (κ1) is 33.0. The van der Waals surface area contributed by atoms with Gasteiger partial charge in [0.25, 0.3) is 11.5 Å². The fourth-order valence-corrected chi connectivity index (χ4v) is 5.93. The fourth-order valence-electron chi connectivity index (χ4n) is 4.71. The average Bonchev–Trinajstić information content (AvgIpc) is 3.64. The molecule has 0 saturated heterocycles. The standard InChI is InChI=1S/C29H37FN6O7S/c1-6-7-15-43-33-27(39)29(3,4)35-24(38)23-18(2)25(36-31-11-12-32-36)44-26(23)34(28(35)40)17-22(42-14-8-13-37)20-16-19(30)9-10-21(20)41-5/h9-12,16,22,37H,6-8,13-15,17H2,1-5H3,(H,33,39)/t22-/m0/s1. The first-order valence-corrected chi connectivity index (χ1v) is 15.0. The number of rotatable bonds is 15. The molecule has 15 heteroatoms. The first-order chi connectivity index (χ1) is 21.1. The van der Waals surface area contributed by atoms with E-state index >= 15 is 0 Å². The molecule has 0 unspecified atom stereocenters. The number of thiophene rings is 1. The van der Waals surface area contributed by atoms with Crippen molar-refractivity contribution >= 4 is 27.5 Å². The summed E-state index contributed by atoms with van der Waals surface area (Å²) in [5.74, 6) is -0.909. The molecule has 2 N–H and O–H groups in total. The summed E-state index contributed by atoms with van der Waals surface area (Å²) in [5.41, 5.74) is 0.0504. The topological polar surface area (TPSA) is 152 Å². The Hall–Kier alpha value is -3.92. The Balaban J connectivity index is 1.95. The molecule has 0 aliphatic rings. The monoisotopic (exact) mass is 632 g/mol. The zero-order valence-corrected chi connectivity index (χ0v) is 26.1. The van der Waals surface area contributed by atoms with Gasteiger partial charge in [0.15, 0.2) is 0 Å². The SMILES string of the molecule is CCCCONC(=O)C(C)(C)n1c(=O)c2c(C)c(-n3nccn3)sc2n(C[C@H](OCCCO)c2cc(F)ccc2OC)c1=O. The Bertz CT molecular complexity index is 1710. The molecule has 0 bridgehead atoms. The molecule has 44 heavy (non-hydrogen) atoms. The normalized spacial score (nSPS) is 12.5. The second-order valence-corrected chi connectivity index (χ2v) is 11.6. The maximum atomic E-state index is 14.5. The first-order valence-electron chi connectivity index (χ1n) is 14.2. The van der Waals surface area contributed by atoms with E-state index in [-0.39, 0.29) is 38.2 Å². The molecule has 13 nitrogen and oxygen atoms in total. The van der Waals surface area contributed by atoms with Crippen LogP contribution in [-0.4, -0.2) is 62.1 Å². The number of hydroxylamine groups is 1. The lowest BCUT2D eigenvalue weighted by Gasteiger charge is -2.27. The van der Waals surface area contributed by atoms with Gasteiger partial charge in [0.05, 0.1) is 38.0 Å². The molecule has 4 aromatic rings. The molecular weight excluding hydrogens is 595 g/mol. The second kappa shape index (κ2) is 14.2. The number of aryl methyl sites for hydroxylation is 1. The number of unbranched alkanes of at least 4 members (excludes halogenated alkanes) is 1. The van der Waals surface area contributed by atoms with E-state index in [4.69, 9.17) is 14.3 Å². The van der Waals surface area contributed by atoms with Crippen LogP contribution in [0.5, 0.6) is 5.75 Å². The minimum Gasteiger partial charge on any atom is -0.496 e. The lowest BCUT2D eigenvalue weighted by atomic mass is 10.0. The van der Waals surface area contributed by atoms with Crippen LogP contribution in [0.3, 0.4) is 0 Å². The van der Waals surface area contributed by atoms with Gasteiger partial charge in [-0.25, -0.2) is 19.2 Å². The van der Waals surface area contributed by atoms with E-state index in [0.29, 0.717) is 33.1 Å². The number of hydrogen-bond donors (Lipinski definition) is 2. The summed E-state index contributed by atoms with van der Waals surface area (Å²) in [6, 6.07) is 3.95. The number of carbonyl (C=O) groups excluding carboxylic acids is 1. The highest BCUT2D eigenvalue weighted by Gasteiger charge is 2.36. The number of fused-ring (bicyclic) bond motifs is 1. The minimum atomic E-state index is -1.68. The lowest BCUT2D eigenvalue weighted by Crippen LogP contribution is -2.55. The van der Waals surface area contributed by atoms with E-state index in [9.17, 15) is 23.9 Å². The van der Waals surface area contributed by atoms with Gasteiger partial charge in [-0.1, -0.05) is 24.7 Å². The summed E-state index contributed by atoms with van der Waals surface area (Å²) in [7, 11) is 1.43. The number of aromatic nitrogens is 5. The van der Waals surface area contributed by atoms with Crippen LogP contribution in [0.4, 0.5) is 4.39 Å². The molecule has 0 saturated carbocycles. The van der Waals surface area contributed by atoms with E-state index in [0.717, 1.165) is 22.3 Å². The zero-order valence-electron chi connectivity index (χ0n) is 25.3. The number of nitrogens with one attached hydrogen (secondary N) is 1. The Labute approximate surface area is 256 Å². The van der Waals surface area contributed by atoms with E-state index in [1.54, 1.807) is 6.92 Å². The number of carbonyl (C=O) groups is 1. The summed E-state index contributed by atoms with van der Waals surface area (Å²) < 4.78 is 28.3. The molecule has 1 atom stereocenters. The van der Waals surface area contributed by atoms with Crippen LogP contribution in [0, 0.1) is 12.7 Å². The van der Waals surface area contributed by atoms with Gasteiger partial charge in [0, 0.05) is 24.3 Å². The lowest BCUT2D eigenvalue weighted by molar-refractivity contribution is -0.141. The Morgan fingerprint density at radius 1 is 1.18 bits per heavy atom. The van der Waals surface area contributed by atoms with Gasteiger partial charge in [0.2, 0.25) is 0 Å². The van der Waals surface area contributed by atoms with Crippen molar-refractivity contribution in [2.75, 3.05) is 26.9 Å². The van der Waals surface area contributed by atoms with Gasteiger partial charge in [0.1, 0.15) is 33.0 Å². The van der Waals surface area contributed by atoms with Crippen LogP contribution < -0.4 is 21.5 Å². The molecule has 0 spiro atoms. The third kappa shape index (κ3) is 6.60. The number of aliphatic hydroxyl groups excluding tert-OH is 1. The average molecular weight is 633 g/mol. The van der Waals surface area contributed by atoms with Crippen LogP contribution in [0.15, 0.2) is 40.2 Å². The predicted molar refractivity (Wildman–Crippen MR) is 162 cm³/mol. The number of halogens is 1. The van der Waals surface area contributed by atoms with Crippen molar-refractivity contribution < 1.29 is 28.6 Å². The van der Waals surface area contributed by atoms with E-state index in [2.05, 4.69) is 15.7 Å². The summed E-state index contributed by atoms with van der Waals surface area (Å²) in [6.07, 6.45) is 3.88. The molecule has 4 rings (SSSR count). The van der Waals surface area contributed by atoms with Crippen LogP contribution in [0.1, 0.15) is 57.3 Å². The van der Waals surface area contributed by atoms with Crippen molar-refractivity contribution in [1.82, 2.24) is 29.6 Å². The van der Waals surface area contributed by atoms with E-state index in [1.807, 2.05) is 6.92 Å². The minimum absolute atomic E-state index is 0.0906. The second-order valence-electron chi connectivity index (χ2n) is 10.6. The van der Waals surface area contributed by atoms with Crippen LogP contribution in [-0.2, 0) is 26.5 Å². The number of methoxy groups -OCH3 is 1. The number of amides is 1. The number of nitrogens with zero attached hydrogens (tertiary/aromatic N) is 5. The molecule has 0 fully saturated rings.